The highest BCUT2D eigenvalue weighted by molar-refractivity contribution is 6.05. The number of nitrogens with zero attached hydrogens (tertiary/aromatic N) is 4. The molecule has 4 rings (SSSR count). The summed E-state index contributed by atoms with van der Waals surface area (Å²) in [7, 11) is 3.16. The summed E-state index contributed by atoms with van der Waals surface area (Å²) < 4.78 is 16.0. The molecule has 3 N–H and O–H groups in total. The number of hydrogen-bond acceptors (Lipinski definition) is 9. The average molecular weight is 475 g/mol. The largest absolute Gasteiger partial charge is 0.494 e. The number of nitrogen functional groups attached to an aromatic ring is 1. The molecule has 10 heteroatoms. The SMILES string of the molecule is COCCOc1cncc(Cc2cccc(CNC(=O)c3nc(N)nc4c(OC)cccc34)n2)c1. The van der Waals surface area contributed by atoms with Crippen molar-refractivity contribution in [2.75, 3.05) is 33.2 Å². The number of ether oxygens (including phenoxy) is 3. The molecule has 0 bridgehead atoms. The van der Waals surface area contributed by atoms with Gasteiger partial charge in [0.05, 0.1) is 32.2 Å². The van der Waals surface area contributed by atoms with Crippen LogP contribution in [0.5, 0.6) is 11.5 Å². The van der Waals surface area contributed by atoms with Gasteiger partial charge in [-0.1, -0.05) is 18.2 Å². The number of nitrogens with one attached hydrogen (secondary N) is 1. The minimum atomic E-state index is -0.380. The van der Waals surface area contributed by atoms with Crippen molar-refractivity contribution in [2.24, 2.45) is 0 Å². The standard InChI is InChI=1S/C25H26N6O4/c1-33-9-10-35-19-12-16(13-27-15-19)11-17-5-3-6-18(29-17)14-28-24(32)23-20-7-4-8-21(34-2)22(20)30-25(26)31-23/h3-8,12-13,15H,9-11,14H2,1-2H3,(H,28,32)(H2,26,30,31). The van der Waals surface area contributed by atoms with Crippen LogP contribution in [0.15, 0.2) is 54.9 Å². The molecule has 0 spiro atoms. The van der Waals surface area contributed by atoms with E-state index in [1.807, 2.05) is 24.3 Å². The summed E-state index contributed by atoms with van der Waals surface area (Å²) in [5.74, 6) is 0.808. The third-order valence-electron chi connectivity index (χ3n) is 5.15. The summed E-state index contributed by atoms with van der Waals surface area (Å²) in [5, 5.41) is 3.42. The number of amides is 1. The molecule has 1 amide bonds. The van der Waals surface area contributed by atoms with Crippen LogP contribution in [0, 0.1) is 0 Å². The molecule has 0 unspecified atom stereocenters. The second-order valence-corrected chi connectivity index (χ2v) is 7.64. The maximum Gasteiger partial charge on any atom is 0.271 e. The Morgan fingerprint density at radius 2 is 1.83 bits per heavy atom. The van der Waals surface area contributed by atoms with Crippen molar-refractivity contribution in [1.82, 2.24) is 25.3 Å². The Balaban J connectivity index is 1.45. The number of benzene rings is 1. The van der Waals surface area contributed by atoms with Crippen molar-refractivity contribution in [3.63, 3.8) is 0 Å². The van der Waals surface area contributed by atoms with E-state index in [4.69, 9.17) is 19.9 Å². The van der Waals surface area contributed by atoms with Crippen LogP contribution in [0.3, 0.4) is 0 Å². The zero-order valence-corrected chi connectivity index (χ0v) is 19.5. The predicted molar refractivity (Wildman–Crippen MR) is 130 cm³/mol. The van der Waals surface area contributed by atoms with Crippen LogP contribution in [0.2, 0.25) is 0 Å². The van der Waals surface area contributed by atoms with E-state index in [2.05, 4.69) is 25.3 Å². The van der Waals surface area contributed by atoms with E-state index in [0.29, 0.717) is 47.7 Å². The van der Waals surface area contributed by atoms with E-state index < -0.39 is 0 Å². The third-order valence-corrected chi connectivity index (χ3v) is 5.15. The monoisotopic (exact) mass is 474 g/mol. The number of rotatable bonds is 10. The molecule has 10 nitrogen and oxygen atoms in total. The van der Waals surface area contributed by atoms with Gasteiger partial charge in [-0.2, -0.15) is 0 Å². The van der Waals surface area contributed by atoms with Crippen molar-refractivity contribution < 1.29 is 19.0 Å². The molecule has 0 saturated heterocycles. The average Bonchev–Trinajstić information content (AvgIpc) is 2.87. The molecule has 4 aromatic rings. The van der Waals surface area contributed by atoms with Crippen molar-refractivity contribution in [3.8, 4) is 11.5 Å². The fourth-order valence-electron chi connectivity index (χ4n) is 3.55. The number of hydrogen-bond donors (Lipinski definition) is 2. The van der Waals surface area contributed by atoms with E-state index in [0.717, 1.165) is 11.3 Å². The first-order valence-electron chi connectivity index (χ1n) is 11.0. The lowest BCUT2D eigenvalue weighted by molar-refractivity contribution is 0.0947. The molecule has 35 heavy (non-hydrogen) atoms. The number of para-hydroxylation sites is 1. The molecule has 0 aliphatic rings. The van der Waals surface area contributed by atoms with Gasteiger partial charge in [-0.05, 0) is 29.8 Å². The van der Waals surface area contributed by atoms with Crippen molar-refractivity contribution >= 4 is 22.8 Å². The number of nitrogens with two attached hydrogens (primary N) is 1. The van der Waals surface area contributed by atoms with Gasteiger partial charge in [0.25, 0.3) is 5.91 Å². The molecule has 3 heterocycles. The maximum atomic E-state index is 12.9. The van der Waals surface area contributed by atoms with Crippen molar-refractivity contribution in [3.05, 3.63) is 77.5 Å². The number of methoxy groups -OCH3 is 2. The number of pyridine rings is 2. The van der Waals surface area contributed by atoms with E-state index in [-0.39, 0.29) is 24.1 Å². The predicted octanol–water partition coefficient (Wildman–Crippen LogP) is 2.56. The second-order valence-electron chi connectivity index (χ2n) is 7.64. The van der Waals surface area contributed by atoms with Crippen LogP contribution in [0.4, 0.5) is 5.95 Å². The smallest absolute Gasteiger partial charge is 0.271 e. The molecular weight excluding hydrogens is 448 g/mol. The van der Waals surface area contributed by atoms with Gasteiger partial charge >= 0.3 is 0 Å². The number of carbonyl (C=O) groups is 1. The summed E-state index contributed by atoms with van der Waals surface area (Å²) in [6.07, 6.45) is 4.01. The maximum absolute atomic E-state index is 12.9. The summed E-state index contributed by atoms with van der Waals surface area (Å²) in [4.78, 5) is 30.2. The van der Waals surface area contributed by atoms with Crippen LogP contribution in [0.25, 0.3) is 10.9 Å². The Kier molecular flexibility index (Phi) is 7.63. The van der Waals surface area contributed by atoms with Crippen LogP contribution in [0.1, 0.15) is 27.4 Å². The van der Waals surface area contributed by atoms with E-state index >= 15 is 0 Å². The lowest BCUT2D eigenvalue weighted by atomic mass is 10.1. The first-order chi connectivity index (χ1) is 17.1. The fraction of sp³-hybridized carbons (Fsp3) is 0.240. The summed E-state index contributed by atoms with van der Waals surface area (Å²) >= 11 is 0. The molecule has 0 fully saturated rings. The zero-order chi connectivity index (χ0) is 24.6. The normalized spacial score (nSPS) is 10.8. The second kappa shape index (κ2) is 11.2. The first-order valence-corrected chi connectivity index (χ1v) is 11.0. The number of carbonyl (C=O) groups excluding carboxylic acids is 1. The third kappa shape index (κ3) is 5.98. The van der Waals surface area contributed by atoms with Gasteiger partial charge < -0.3 is 25.3 Å². The molecule has 3 aromatic heterocycles. The van der Waals surface area contributed by atoms with Gasteiger partial charge in [0, 0.05) is 30.8 Å². The summed E-state index contributed by atoms with van der Waals surface area (Å²) in [6.45, 7) is 1.18. The number of anilines is 1. The lowest BCUT2D eigenvalue weighted by Crippen LogP contribution is -2.25. The van der Waals surface area contributed by atoms with Gasteiger partial charge in [0.1, 0.15) is 29.3 Å². The van der Waals surface area contributed by atoms with Gasteiger partial charge in [0.2, 0.25) is 5.95 Å². The Hall–Kier alpha value is -4.31. The quantitative estimate of drug-likeness (QED) is 0.333. The van der Waals surface area contributed by atoms with E-state index in [1.165, 1.54) is 7.11 Å². The molecule has 180 valence electrons. The Morgan fingerprint density at radius 3 is 2.66 bits per heavy atom. The van der Waals surface area contributed by atoms with E-state index in [9.17, 15) is 4.79 Å². The molecule has 0 aliphatic carbocycles. The fourth-order valence-corrected chi connectivity index (χ4v) is 3.55. The highest BCUT2D eigenvalue weighted by Gasteiger charge is 2.16. The molecule has 0 radical (unpaired) electrons. The van der Waals surface area contributed by atoms with Crippen LogP contribution in [-0.4, -0.2) is 53.3 Å². The van der Waals surface area contributed by atoms with Gasteiger partial charge in [-0.3, -0.25) is 14.8 Å². The Morgan fingerprint density at radius 1 is 1.00 bits per heavy atom. The minimum absolute atomic E-state index is 0.00527. The molecule has 0 saturated carbocycles. The van der Waals surface area contributed by atoms with Crippen LogP contribution in [-0.2, 0) is 17.7 Å². The van der Waals surface area contributed by atoms with Gasteiger partial charge in [-0.15, -0.1) is 0 Å². The summed E-state index contributed by atoms with van der Waals surface area (Å²) in [5.41, 5.74) is 9.02. The molecule has 0 atom stereocenters. The number of fused-ring (bicyclic) bond motifs is 1. The number of aromatic nitrogens is 4. The van der Waals surface area contributed by atoms with Gasteiger partial charge in [-0.25, -0.2) is 9.97 Å². The van der Waals surface area contributed by atoms with Crippen molar-refractivity contribution in [1.29, 1.82) is 0 Å². The van der Waals surface area contributed by atoms with E-state index in [1.54, 1.807) is 37.7 Å². The minimum Gasteiger partial charge on any atom is -0.494 e. The summed E-state index contributed by atoms with van der Waals surface area (Å²) in [6, 6.07) is 12.9. The highest BCUT2D eigenvalue weighted by Crippen LogP contribution is 2.26. The van der Waals surface area contributed by atoms with Crippen molar-refractivity contribution in [2.45, 2.75) is 13.0 Å². The highest BCUT2D eigenvalue weighted by atomic mass is 16.5. The van der Waals surface area contributed by atoms with Crippen LogP contribution >= 0.6 is 0 Å². The topological polar surface area (TPSA) is 134 Å². The molecular formula is C25H26N6O4. The Bertz CT molecular complexity index is 1330. The zero-order valence-electron chi connectivity index (χ0n) is 19.5. The molecule has 1 aromatic carbocycles. The molecule has 0 aliphatic heterocycles. The van der Waals surface area contributed by atoms with Crippen LogP contribution < -0.4 is 20.5 Å². The van der Waals surface area contributed by atoms with Gasteiger partial charge in [0.15, 0.2) is 0 Å². The Labute approximate surface area is 202 Å². The first kappa shape index (κ1) is 23.8. The lowest BCUT2D eigenvalue weighted by Gasteiger charge is -2.10.